The van der Waals surface area contributed by atoms with Crippen molar-refractivity contribution in [1.29, 1.82) is 0 Å². The van der Waals surface area contributed by atoms with Gasteiger partial charge in [0.1, 0.15) is 0 Å². The SMILES string of the molecule is CN=C(NCCCn1cccn1)N1CC(C)CC(C)C1. The van der Waals surface area contributed by atoms with Crippen molar-refractivity contribution < 1.29 is 0 Å². The maximum absolute atomic E-state index is 4.42. The summed E-state index contributed by atoms with van der Waals surface area (Å²) in [7, 11) is 1.87. The molecule has 112 valence electrons. The summed E-state index contributed by atoms with van der Waals surface area (Å²) >= 11 is 0. The van der Waals surface area contributed by atoms with E-state index in [0.717, 1.165) is 50.4 Å². The van der Waals surface area contributed by atoms with E-state index in [2.05, 4.69) is 34.2 Å². The molecule has 1 fully saturated rings. The molecule has 2 atom stereocenters. The lowest BCUT2D eigenvalue weighted by Crippen LogP contribution is -2.48. The Kier molecular flexibility index (Phi) is 5.44. The Morgan fingerprint density at radius 2 is 2.10 bits per heavy atom. The number of guanidine groups is 1. The second kappa shape index (κ2) is 7.31. The molecular formula is C15H27N5. The largest absolute Gasteiger partial charge is 0.356 e. The van der Waals surface area contributed by atoms with E-state index < -0.39 is 0 Å². The lowest BCUT2D eigenvalue weighted by molar-refractivity contribution is 0.208. The molecule has 1 N–H and O–H groups in total. The number of rotatable bonds is 4. The summed E-state index contributed by atoms with van der Waals surface area (Å²) in [5, 5.41) is 7.69. The van der Waals surface area contributed by atoms with Crippen LogP contribution in [0.2, 0.25) is 0 Å². The third-order valence-corrected chi connectivity index (χ3v) is 3.79. The van der Waals surface area contributed by atoms with E-state index >= 15 is 0 Å². The molecule has 2 rings (SSSR count). The van der Waals surface area contributed by atoms with E-state index in [1.165, 1.54) is 6.42 Å². The van der Waals surface area contributed by atoms with Crippen LogP contribution in [0.1, 0.15) is 26.7 Å². The van der Waals surface area contributed by atoms with Crippen LogP contribution in [0.4, 0.5) is 0 Å². The van der Waals surface area contributed by atoms with Crippen LogP contribution in [0.3, 0.4) is 0 Å². The second-order valence-corrected chi connectivity index (χ2v) is 5.95. The lowest BCUT2D eigenvalue weighted by atomic mass is 9.92. The number of likely N-dealkylation sites (tertiary alicyclic amines) is 1. The summed E-state index contributed by atoms with van der Waals surface area (Å²) in [5.41, 5.74) is 0. The molecule has 2 unspecified atom stereocenters. The van der Waals surface area contributed by atoms with Gasteiger partial charge in [0.15, 0.2) is 5.96 Å². The van der Waals surface area contributed by atoms with Crippen molar-refractivity contribution in [3.63, 3.8) is 0 Å². The first kappa shape index (κ1) is 14.9. The molecule has 0 saturated carbocycles. The molecule has 0 aliphatic carbocycles. The van der Waals surface area contributed by atoms with E-state index in [1.807, 2.05) is 30.2 Å². The van der Waals surface area contributed by atoms with E-state index in [9.17, 15) is 0 Å². The van der Waals surface area contributed by atoms with Crippen LogP contribution in [-0.2, 0) is 6.54 Å². The highest BCUT2D eigenvalue weighted by Crippen LogP contribution is 2.20. The minimum absolute atomic E-state index is 0.751. The molecule has 0 amide bonds. The van der Waals surface area contributed by atoms with Crippen molar-refractivity contribution in [3.05, 3.63) is 18.5 Å². The monoisotopic (exact) mass is 277 g/mol. The molecular weight excluding hydrogens is 250 g/mol. The summed E-state index contributed by atoms with van der Waals surface area (Å²) in [4.78, 5) is 6.82. The fourth-order valence-corrected chi connectivity index (χ4v) is 3.04. The molecule has 0 bridgehead atoms. The third kappa shape index (κ3) is 4.25. The van der Waals surface area contributed by atoms with Crippen molar-refractivity contribution in [3.8, 4) is 0 Å². The molecule has 1 aromatic heterocycles. The van der Waals surface area contributed by atoms with Crippen molar-refractivity contribution in [1.82, 2.24) is 20.0 Å². The first-order valence-corrected chi connectivity index (χ1v) is 7.62. The summed E-state index contributed by atoms with van der Waals surface area (Å²) in [6.07, 6.45) is 6.21. The predicted octanol–water partition coefficient (Wildman–Crippen LogP) is 1.83. The van der Waals surface area contributed by atoms with Gasteiger partial charge in [0.05, 0.1) is 0 Å². The van der Waals surface area contributed by atoms with Crippen molar-refractivity contribution >= 4 is 5.96 Å². The molecule has 2 heterocycles. The van der Waals surface area contributed by atoms with Crippen LogP contribution >= 0.6 is 0 Å². The Balaban J connectivity index is 1.74. The number of hydrogen-bond acceptors (Lipinski definition) is 2. The van der Waals surface area contributed by atoms with Crippen molar-refractivity contribution in [2.45, 2.75) is 33.2 Å². The van der Waals surface area contributed by atoms with Crippen LogP contribution in [0.15, 0.2) is 23.5 Å². The molecule has 0 spiro atoms. The highest BCUT2D eigenvalue weighted by molar-refractivity contribution is 5.79. The topological polar surface area (TPSA) is 45.5 Å². The fraction of sp³-hybridized carbons (Fsp3) is 0.733. The van der Waals surface area contributed by atoms with Gasteiger partial charge in [-0.25, -0.2) is 0 Å². The fourth-order valence-electron chi connectivity index (χ4n) is 3.04. The number of aryl methyl sites for hydroxylation is 1. The van der Waals surface area contributed by atoms with E-state index in [-0.39, 0.29) is 0 Å². The van der Waals surface area contributed by atoms with Gasteiger partial charge in [0.25, 0.3) is 0 Å². The molecule has 0 radical (unpaired) electrons. The second-order valence-electron chi connectivity index (χ2n) is 5.95. The number of aromatic nitrogens is 2. The smallest absolute Gasteiger partial charge is 0.193 e. The van der Waals surface area contributed by atoms with E-state index in [4.69, 9.17) is 0 Å². The first-order chi connectivity index (χ1) is 9.69. The van der Waals surface area contributed by atoms with Gasteiger partial charge >= 0.3 is 0 Å². The molecule has 1 aliphatic rings. The quantitative estimate of drug-likeness (QED) is 0.519. The molecule has 0 aromatic carbocycles. The predicted molar refractivity (Wildman–Crippen MR) is 82.7 cm³/mol. The van der Waals surface area contributed by atoms with Crippen LogP contribution < -0.4 is 5.32 Å². The Labute approximate surface area is 122 Å². The Bertz CT molecular complexity index is 402. The minimum Gasteiger partial charge on any atom is -0.356 e. The lowest BCUT2D eigenvalue weighted by Gasteiger charge is -2.37. The molecule has 1 aliphatic heterocycles. The number of aliphatic imine (C=N–C) groups is 1. The summed E-state index contributed by atoms with van der Waals surface area (Å²) in [6, 6.07) is 1.96. The van der Waals surface area contributed by atoms with Gasteiger partial charge < -0.3 is 10.2 Å². The van der Waals surface area contributed by atoms with E-state index in [0.29, 0.717) is 0 Å². The number of hydrogen-bond donors (Lipinski definition) is 1. The molecule has 20 heavy (non-hydrogen) atoms. The third-order valence-electron chi connectivity index (χ3n) is 3.79. The highest BCUT2D eigenvalue weighted by Gasteiger charge is 2.23. The van der Waals surface area contributed by atoms with Gasteiger partial charge in [-0.1, -0.05) is 13.8 Å². The summed E-state index contributed by atoms with van der Waals surface area (Å²) in [5.74, 6) is 2.55. The minimum atomic E-state index is 0.751. The zero-order valence-electron chi connectivity index (χ0n) is 12.9. The highest BCUT2D eigenvalue weighted by atomic mass is 15.3. The molecule has 5 heteroatoms. The van der Waals surface area contributed by atoms with Gasteiger partial charge in [-0.3, -0.25) is 9.67 Å². The zero-order valence-corrected chi connectivity index (χ0v) is 12.9. The molecule has 1 saturated heterocycles. The summed E-state index contributed by atoms with van der Waals surface area (Å²) in [6.45, 7) is 8.77. The van der Waals surface area contributed by atoms with Crippen LogP contribution in [0.25, 0.3) is 0 Å². The van der Waals surface area contributed by atoms with Gasteiger partial charge in [-0.2, -0.15) is 5.10 Å². The van der Waals surface area contributed by atoms with Crippen LogP contribution in [0.5, 0.6) is 0 Å². The average Bonchev–Trinajstić information content (AvgIpc) is 2.90. The van der Waals surface area contributed by atoms with Crippen LogP contribution in [0, 0.1) is 11.8 Å². The Morgan fingerprint density at radius 1 is 1.35 bits per heavy atom. The van der Waals surface area contributed by atoms with Crippen molar-refractivity contribution in [2.75, 3.05) is 26.7 Å². The number of piperidine rings is 1. The maximum atomic E-state index is 4.42. The standard InChI is InChI=1S/C15H27N5/c1-13-10-14(2)12-19(11-13)15(16-3)17-6-4-8-20-9-5-7-18-20/h5,7,9,13-14H,4,6,8,10-12H2,1-3H3,(H,16,17). The van der Waals surface area contributed by atoms with E-state index in [1.54, 1.807) is 0 Å². The van der Waals surface area contributed by atoms with Gasteiger partial charge in [0, 0.05) is 45.6 Å². The number of nitrogens with one attached hydrogen (secondary N) is 1. The summed E-state index contributed by atoms with van der Waals surface area (Å²) < 4.78 is 1.97. The first-order valence-electron chi connectivity index (χ1n) is 7.62. The van der Waals surface area contributed by atoms with Gasteiger partial charge in [0.2, 0.25) is 0 Å². The number of nitrogens with zero attached hydrogens (tertiary/aromatic N) is 4. The Hall–Kier alpha value is -1.52. The maximum Gasteiger partial charge on any atom is 0.193 e. The normalized spacial score (nSPS) is 23.9. The van der Waals surface area contributed by atoms with Gasteiger partial charge in [-0.05, 0) is 30.7 Å². The van der Waals surface area contributed by atoms with Gasteiger partial charge in [-0.15, -0.1) is 0 Å². The van der Waals surface area contributed by atoms with Crippen molar-refractivity contribution in [2.24, 2.45) is 16.8 Å². The zero-order chi connectivity index (χ0) is 14.4. The Morgan fingerprint density at radius 3 is 2.70 bits per heavy atom. The average molecular weight is 277 g/mol. The van der Waals surface area contributed by atoms with Crippen LogP contribution in [-0.4, -0.2) is 47.3 Å². The molecule has 1 aromatic rings. The molecule has 5 nitrogen and oxygen atoms in total.